The van der Waals surface area contributed by atoms with Crippen LogP contribution in [-0.4, -0.2) is 62.1 Å². The number of carboxylic acid groups (broad SMARTS) is 4. The zero-order valence-corrected chi connectivity index (χ0v) is 12.0. The lowest BCUT2D eigenvalue weighted by Crippen LogP contribution is -2.56. The molecule has 0 spiro atoms. The van der Waals surface area contributed by atoms with Crippen LogP contribution >= 0.6 is 0 Å². The van der Waals surface area contributed by atoms with Gasteiger partial charge in [-0.05, 0) is 18.2 Å². The first-order valence-electron chi connectivity index (χ1n) is 6.60. The van der Waals surface area contributed by atoms with Crippen LogP contribution in [0.4, 0.5) is 11.4 Å². The molecule has 2 atom stereocenters. The van der Waals surface area contributed by atoms with Crippen molar-refractivity contribution in [2.75, 3.05) is 4.90 Å². The molecule has 1 aromatic rings. The highest BCUT2D eigenvalue weighted by molar-refractivity contribution is 6.43. The van der Waals surface area contributed by atoms with E-state index in [0.717, 1.165) is 4.90 Å². The standard InChI is InChI=1S/C14H12N2O8/c17-9(18)5-8(12(19)20)16-7-3-1-2-6(4-7)15-10(13(21)22)11(16)14(23)24/h1-4,8,11H,5H2,(H,17,18)(H,19,20)(H,21,22)(H,23,24). The van der Waals surface area contributed by atoms with Crippen molar-refractivity contribution in [3.8, 4) is 0 Å². The Bertz CT molecular complexity index is 757. The van der Waals surface area contributed by atoms with Crippen molar-refractivity contribution in [1.29, 1.82) is 0 Å². The number of aliphatic carboxylic acids is 4. The molecule has 1 aliphatic rings. The molecule has 0 aliphatic carbocycles. The summed E-state index contributed by atoms with van der Waals surface area (Å²) in [6, 6.07) is 1.76. The zero-order valence-electron chi connectivity index (χ0n) is 12.0. The molecule has 24 heavy (non-hydrogen) atoms. The molecular formula is C14H12N2O8. The molecule has 0 saturated carbocycles. The molecule has 10 heteroatoms. The van der Waals surface area contributed by atoms with Crippen LogP contribution in [-0.2, 0) is 19.2 Å². The van der Waals surface area contributed by atoms with Crippen molar-refractivity contribution in [3.05, 3.63) is 24.3 Å². The molecule has 0 saturated heterocycles. The smallest absolute Gasteiger partial charge is 0.353 e. The number of hydrogen-bond donors (Lipinski definition) is 4. The Kier molecular flexibility index (Phi) is 4.49. The lowest BCUT2D eigenvalue weighted by Gasteiger charge is -2.33. The van der Waals surface area contributed by atoms with Gasteiger partial charge < -0.3 is 25.3 Å². The zero-order chi connectivity index (χ0) is 18.0. The van der Waals surface area contributed by atoms with Crippen molar-refractivity contribution in [2.45, 2.75) is 18.5 Å². The van der Waals surface area contributed by atoms with Gasteiger partial charge in [-0.25, -0.2) is 19.4 Å². The van der Waals surface area contributed by atoms with E-state index in [1.165, 1.54) is 24.3 Å². The Labute approximate surface area is 134 Å². The van der Waals surface area contributed by atoms with Crippen LogP contribution in [0.15, 0.2) is 29.3 Å². The topological polar surface area (TPSA) is 165 Å². The minimum absolute atomic E-state index is 0.0496. The van der Waals surface area contributed by atoms with E-state index in [4.69, 9.17) is 5.11 Å². The number of benzene rings is 1. The summed E-state index contributed by atoms with van der Waals surface area (Å²) >= 11 is 0. The summed E-state index contributed by atoms with van der Waals surface area (Å²) in [4.78, 5) is 50.0. The fraction of sp³-hybridized carbons (Fsp3) is 0.214. The van der Waals surface area contributed by atoms with Gasteiger partial charge in [0.25, 0.3) is 0 Å². The number of aliphatic imine (C=N–C) groups is 1. The molecule has 2 rings (SSSR count). The predicted molar refractivity (Wildman–Crippen MR) is 78.8 cm³/mol. The van der Waals surface area contributed by atoms with Gasteiger partial charge in [0.15, 0.2) is 11.8 Å². The largest absolute Gasteiger partial charge is 0.481 e. The first kappa shape index (κ1) is 16.9. The molecular weight excluding hydrogens is 324 g/mol. The van der Waals surface area contributed by atoms with Crippen LogP contribution in [0.25, 0.3) is 0 Å². The molecule has 0 amide bonds. The fourth-order valence-electron chi connectivity index (χ4n) is 2.43. The highest BCUT2D eigenvalue weighted by Gasteiger charge is 2.43. The van der Waals surface area contributed by atoms with Crippen molar-refractivity contribution in [3.63, 3.8) is 0 Å². The maximum Gasteiger partial charge on any atom is 0.353 e. The van der Waals surface area contributed by atoms with E-state index >= 15 is 0 Å². The molecule has 4 N–H and O–H groups in total. The van der Waals surface area contributed by atoms with Gasteiger partial charge in [0.05, 0.1) is 12.1 Å². The maximum atomic E-state index is 11.6. The molecule has 1 aliphatic heterocycles. The minimum atomic E-state index is -1.96. The Balaban J connectivity index is 2.70. The summed E-state index contributed by atoms with van der Waals surface area (Å²) < 4.78 is 0. The number of anilines is 1. The highest BCUT2D eigenvalue weighted by Crippen LogP contribution is 2.31. The van der Waals surface area contributed by atoms with E-state index < -0.39 is 48.1 Å². The monoisotopic (exact) mass is 336 g/mol. The van der Waals surface area contributed by atoms with Gasteiger partial charge in [0.2, 0.25) is 0 Å². The van der Waals surface area contributed by atoms with Crippen molar-refractivity contribution in [1.82, 2.24) is 0 Å². The average molecular weight is 336 g/mol. The van der Waals surface area contributed by atoms with E-state index in [0.29, 0.717) is 0 Å². The quantitative estimate of drug-likeness (QED) is 0.561. The number of carboxylic acids is 4. The third kappa shape index (κ3) is 3.16. The molecule has 1 aromatic carbocycles. The number of fused-ring (bicyclic) bond motifs is 2. The molecule has 126 valence electrons. The molecule has 10 nitrogen and oxygen atoms in total. The molecule has 2 unspecified atom stereocenters. The molecule has 2 bridgehead atoms. The molecule has 0 radical (unpaired) electrons. The van der Waals surface area contributed by atoms with Crippen LogP contribution in [0.1, 0.15) is 6.42 Å². The second kappa shape index (κ2) is 6.36. The second-order valence-electron chi connectivity index (χ2n) is 4.92. The number of hydrogen-bond acceptors (Lipinski definition) is 6. The predicted octanol–water partition coefficient (Wildman–Crippen LogP) is 0.0448. The van der Waals surface area contributed by atoms with Gasteiger partial charge in [0.1, 0.15) is 6.04 Å². The minimum Gasteiger partial charge on any atom is -0.481 e. The lowest BCUT2D eigenvalue weighted by atomic mass is 10.0. The van der Waals surface area contributed by atoms with E-state index in [1.54, 1.807) is 0 Å². The number of rotatable bonds is 6. The van der Waals surface area contributed by atoms with Crippen LogP contribution in [0.2, 0.25) is 0 Å². The number of carbonyl (C=O) groups is 4. The van der Waals surface area contributed by atoms with Gasteiger partial charge in [-0.2, -0.15) is 0 Å². The average Bonchev–Trinajstić information content (AvgIpc) is 2.58. The fourth-order valence-corrected chi connectivity index (χ4v) is 2.43. The first-order chi connectivity index (χ1) is 11.2. The Morgan fingerprint density at radius 1 is 1.12 bits per heavy atom. The normalized spacial score (nSPS) is 17.4. The van der Waals surface area contributed by atoms with E-state index in [1.807, 2.05) is 0 Å². The van der Waals surface area contributed by atoms with Gasteiger partial charge in [0, 0.05) is 5.69 Å². The summed E-state index contributed by atoms with van der Waals surface area (Å²) in [6.45, 7) is 0. The highest BCUT2D eigenvalue weighted by atomic mass is 16.4. The lowest BCUT2D eigenvalue weighted by molar-refractivity contribution is -0.146. The maximum absolute atomic E-state index is 11.6. The summed E-state index contributed by atoms with van der Waals surface area (Å²) in [6.07, 6.45) is -0.920. The Morgan fingerprint density at radius 2 is 1.79 bits per heavy atom. The van der Waals surface area contributed by atoms with Crippen LogP contribution in [0, 0.1) is 0 Å². The van der Waals surface area contributed by atoms with Gasteiger partial charge in [-0.15, -0.1) is 0 Å². The van der Waals surface area contributed by atoms with Crippen LogP contribution in [0.5, 0.6) is 0 Å². The van der Waals surface area contributed by atoms with Crippen LogP contribution < -0.4 is 4.90 Å². The van der Waals surface area contributed by atoms with Gasteiger partial charge >= 0.3 is 23.9 Å². The summed E-state index contributed by atoms with van der Waals surface area (Å²) in [5, 5.41) is 37.0. The van der Waals surface area contributed by atoms with Gasteiger partial charge in [-0.1, -0.05) is 6.07 Å². The molecule has 1 heterocycles. The van der Waals surface area contributed by atoms with Crippen molar-refractivity contribution < 1.29 is 39.6 Å². The SMILES string of the molecule is O=C(O)CC(C(=O)O)N1c2cccc(c2)N=C(C(=O)O)C1C(=O)O. The first-order valence-corrected chi connectivity index (χ1v) is 6.60. The third-order valence-electron chi connectivity index (χ3n) is 3.36. The summed E-state index contributed by atoms with van der Waals surface area (Å²) in [5.74, 6) is -6.37. The van der Waals surface area contributed by atoms with Gasteiger partial charge in [-0.3, -0.25) is 4.79 Å². The molecule has 0 aromatic heterocycles. The van der Waals surface area contributed by atoms with Crippen molar-refractivity contribution in [2.24, 2.45) is 4.99 Å². The summed E-state index contributed by atoms with van der Waals surface area (Å²) in [7, 11) is 0. The van der Waals surface area contributed by atoms with Crippen LogP contribution in [0.3, 0.4) is 0 Å². The summed E-state index contributed by atoms with van der Waals surface area (Å²) in [5.41, 5.74) is -0.632. The third-order valence-corrected chi connectivity index (χ3v) is 3.36. The second-order valence-corrected chi connectivity index (χ2v) is 4.92. The van der Waals surface area contributed by atoms with E-state index in [9.17, 15) is 34.5 Å². The number of nitrogens with zero attached hydrogens (tertiary/aromatic N) is 2. The Morgan fingerprint density at radius 3 is 2.29 bits per heavy atom. The Hall–Kier alpha value is -3.43. The molecule has 0 fully saturated rings. The van der Waals surface area contributed by atoms with Crippen molar-refractivity contribution >= 4 is 41.0 Å². The van der Waals surface area contributed by atoms with E-state index in [2.05, 4.69) is 4.99 Å². The van der Waals surface area contributed by atoms with E-state index in [-0.39, 0.29) is 11.4 Å².